The first-order valence-corrected chi connectivity index (χ1v) is 5.49. The van der Waals surface area contributed by atoms with Crippen molar-refractivity contribution < 1.29 is 4.74 Å². The molecule has 1 aliphatic carbocycles. The Hall–Kier alpha value is -0.980. The third-order valence-corrected chi connectivity index (χ3v) is 2.59. The summed E-state index contributed by atoms with van der Waals surface area (Å²) < 4.78 is 5.21. The fraction of sp³-hybridized carbons (Fsp3) is 0.417. The van der Waals surface area contributed by atoms with E-state index < -0.39 is 0 Å². The number of benzene rings is 1. The summed E-state index contributed by atoms with van der Waals surface area (Å²) in [6, 6.07) is 7.65. The molecule has 0 bridgehead atoms. The highest BCUT2D eigenvalue weighted by molar-refractivity contribution is 14.0. The maximum absolute atomic E-state index is 5.79. The molecule has 1 saturated carbocycles. The molecule has 17 heavy (non-hydrogen) atoms. The molecule has 0 atom stereocenters. The highest BCUT2D eigenvalue weighted by Gasteiger charge is 2.20. The van der Waals surface area contributed by atoms with E-state index in [-0.39, 0.29) is 24.0 Å². The lowest BCUT2D eigenvalue weighted by molar-refractivity contribution is 0.417. The number of aliphatic imine (C=N–C) groups is 1. The molecule has 0 spiro atoms. The van der Waals surface area contributed by atoms with Crippen LogP contribution in [0.5, 0.6) is 5.75 Å². The molecule has 0 unspecified atom stereocenters. The maximum atomic E-state index is 5.79. The Labute approximate surface area is 119 Å². The Morgan fingerprint density at radius 3 is 2.82 bits per heavy atom. The molecule has 1 aliphatic rings. The number of rotatable bonds is 4. The third kappa shape index (κ3) is 4.41. The van der Waals surface area contributed by atoms with Gasteiger partial charge in [-0.3, -0.25) is 4.99 Å². The molecule has 0 saturated heterocycles. The number of hydrogen-bond acceptors (Lipinski definition) is 2. The fourth-order valence-corrected chi connectivity index (χ4v) is 1.45. The second-order valence-corrected chi connectivity index (χ2v) is 3.99. The van der Waals surface area contributed by atoms with E-state index in [9.17, 15) is 0 Å². The van der Waals surface area contributed by atoms with E-state index >= 15 is 0 Å². The standard InChI is InChI=1S/C12H17N3O.HI/c1-16-11-5-3-2-4-10(11)15-12(13)14-8-9-6-7-9;/h2-5,9H,6-8H2,1H3,(H3,13,14,15);1H. The van der Waals surface area contributed by atoms with Crippen LogP contribution >= 0.6 is 24.0 Å². The van der Waals surface area contributed by atoms with Gasteiger partial charge in [0, 0.05) is 6.54 Å². The van der Waals surface area contributed by atoms with Crippen molar-refractivity contribution in [2.75, 3.05) is 19.0 Å². The highest BCUT2D eigenvalue weighted by atomic mass is 127. The highest BCUT2D eigenvalue weighted by Crippen LogP contribution is 2.29. The smallest absolute Gasteiger partial charge is 0.193 e. The zero-order valence-electron chi connectivity index (χ0n) is 9.85. The number of methoxy groups -OCH3 is 1. The van der Waals surface area contributed by atoms with E-state index in [2.05, 4.69) is 10.3 Å². The largest absolute Gasteiger partial charge is 0.495 e. The maximum Gasteiger partial charge on any atom is 0.193 e. The molecular formula is C12H18IN3O. The Morgan fingerprint density at radius 1 is 1.47 bits per heavy atom. The predicted octanol–water partition coefficient (Wildman–Crippen LogP) is 2.45. The predicted molar refractivity (Wildman–Crippen MR) is 81.2 cm³/mol. The van der Waals surface area contributed by atoms with E-state index in [4.69, 9.17) is 10.5 Å². The van der Waals surface area contributed by atoms with Gasteiger partial charge in [0.15, 0.2) is 5.96 Å². The topological polar surface area (TPSA) is 59.6 Å². The van der Waals surface area contributed by atoms with Gasteiger partial charge in [0.2, 0.25) is 0 Å². The van der Waals surface area contributed by atoms with Gasteiger partial charge in [-0.2, -0.15) is 0 Å². The van der Waals surface area contributed by atoms with Crippen molar-refractivity contribution in [3.05, 3.63) is 24.3 Å². The SMILES string of the molecule is COc1ccccc1NC(N)=NCC1CC1.I. The lowest BCUT2D eigenvalue weighted by Crippen LogP contribution is -2.23. The number of hydrogen-bond donors (Lipinski definition) is 2. The van der Waals surface area contributed by atoms with Gasteiger partial charge < -0.3 is 15.8 Å². The first-order valence-electron chi connectivity index (χ1n) is 5.49. The minimum Gasteiger partial charge on any atom is -0.495 e. The molecule has 0 aromatic heterocycles. The molecule has 0 amide bonds. The second-order valence-electron chi connectivity index (χ2n) is 3.99. The molecule has 5 heteroatoms. The normalized spacial score (nSPS) is 15.0. The Balaban J connectivity index is 0.00000144. The Bertz CT molecular complexity index is 391. The van der Waals surface area contributed by atoms with Crippen molar-refractivity contribution in [3.63, 3.8) is 0 Å². The summed E-state index contributed by atoms with van der Waals surface area (Å²) >= 11 is 0. The van der Waals surface area contributed by atoms with Crippen molar-refractivity contribution in [3.8, 4) is 5.75 Å². The van der Waals surface area contributed by atoms with Crippen LogP contribution in [0, 0.1) is 5.92 Å². The fourth-order valence-electron chi connectivity index (χ4n) is 1.45. The van der Waals surface area contributed by atoms with Crippen LogP contribution in [-0.4, -0.2) is 19.6 Å². The van der Waals surface area contributed by atoms with Crippen molar-refractivity contribution in [2.24, 2.45) is 16.6 Å². The van der Waals surface area contributed by atoms with Crippen LogP contribution in [0.4, 0.5) is 5.69 Å². The summed E-state index contributed by atoms with van der Waals surface area (Å²) in [5.74, 6) is 1.97. The van der Waals surface area contributed by atoms with Crippen LogP contribution < -0.4 is 15.8 Å². The molecule has 2 rings (SSSR count). The quantitative estimate of drug-likeness (QED) is 0.500. The number of halogens is 1. The van der Waals surface area contributed by atoms with E-state index in [1.54, 1.807) is 7.11 Å². The zero-order valence-corrected chi connectivity index (χ0v) is 12.2. The zero-order chi connectivity index (χ0) is 11.4. The lowest BCUT2D eigenvalue weighted by atomic mass is 10.3. The molecule has 4 nitrogen and oxygen atoms in total. The molecule has 1 aromatic rings. The summed E-state index contributed by atoms with van der Waals surface area (Å²) in [5, 5.41) is 3.05. The van der Waals surface area contributed by atoms with Gasteiger partial charge in [-0.1, -0.05) is 12.1 Å². The Morgan fingerprint density at radius 2 is 2.18 bits per heavy atom. The van der Waals surface area contributed by atoms with Crippen LogP contribution in [-0.2, 0) is 0 Å². The van der Waals surface area contributed by atoms with Crippen LogP contribution in [0.3, 0.4) is 0 Å². The van der Waals surface area contributed by atoms with Crippen molar-refractivity contribution in [1.29, 1.82) is 0 Å². The first kappa shape index (κ1) is 14.1. The average molecular weight is 347 g/mol. The monoisotopic (exact) mass is 347 g/mol. The van der Waals surface area contributed by atoms with Gasteiger partial charge in [-0.05, 0) is 30.9 Å². The summed E-state index contributed by atoms with van der Waals surface area (Å²) in [7, 11) is 1.64. The van der Waals surface area contributed by atoms with Crippen LogP contribution in [0.25, 0.3) is 0 Å². The average Bonchev–Trinajstić information content (AvgIpc) is 3.11. The molecular weight excluding hydrogens is 329 g/mol. The summed E-state index contributed by atoms with van der Waals surface area (Å²) in [5.41, 5.74) is 6.64. The van der Waals surface area contributed by atoms with Crippen molar-refractivity contribution in [2.45, 2.75) is 12.8 Å². The van der Waals surface area contributed by atoms with E-state index in [1.165, 1.54) is 12.8 Å². The van der Waals surface area contributed by atoms with Gasteiger partial charge in [-0.25, -0.2) is 0 Å². The minimum atomic E-state index is 0. The van der Waals surface area contributed by atoms with Gasteiger partial charge in [0.25, 0.3) is 0 Å². The van der Waals surface area contributed by atoms with Gasteiger partial charge >= 0.3 is 0 Å². The molecule has 0 heterocycles. The number of anilines is 1. The molecule has 94 valence electrons. The van der Waals surface area contributed by atoms with E-state index in [1.807, 2.05) is 24.3 Å². The van der Waals surface area contributed by atoms with Gasteiger partial charge in [-0.15, -0.1) is 24.0 Å². The Kier molecular flexibility index (Phi) is 5.54. The van der Waals surface area contributed by atoms with Crippen LogP contribution in [0.2, 0.25) is 0 Å². The number of guanidine groups is 1. The molecule has 0 aliphatic heterocycles. The number of nitrogens with zero attached hydrogens (tertiary/aromatic N) is 1. The molecule has 0 radical (unpaired) electrons. The number of nitrogens with one attached hydrogen (secondary N) is 1. The van der Waals surface area contributed by atoms with Crippen LogP contribution in [0.15, 0.2) is 29.3 Å². The van der Waals surface area contributed by atoms with Crippen LogP contribution in [0.1, 0.15) is 12.8 Å². The number of nitrogens with two attached hydrogens (primary N) is 1. The molecule has 3 N–H and O–H groups in total. The summed E-state index contributed by atoms with van der Waals surface area (Å²) in [6.07, 6.45) is 2.57. The van der Waals surface area contributed by atoms with E-state index in [0.717, 1.165) is 23.9 Å². The van der Waals surface area contributed by atoms with Crippen molar-refractivity contribution in [1.82, 2.24) is 0 Å². The van der Waals surface area contributed by atoms with Gasteiger partial charge in [0.1, 0.15) is 5.75 Å². The van der Waals surface area contributed by atoms with E-state index in [0.29, 0.717) is 5.96 Å². The number of para-hydroxylation sites is 2. The first-order chi connectivity index (χ1) is 7.79. The lowest BCUT2D eigenvalue weighted by Gasteiger charge is -2.09. The molecule has 1 fully saturated rings. The third-order valence-electron chi connectivity index (χ3n) is 2.59. The van der Waals surface area contributed by atoms with Gasteiger partial charge in [0.05, 0.1) is 12.8 Å². The number of ether oxygens (including phenoxy) is 1. The van der Waals surface area contributed by atoms with Crippen molar-refractivity contribution >= 4 is 35.6 Å². The molecule has 1 aromatic carbocycles. The summed E-state index contributed by atoms with van der Waals surface area (Å²) in [4.78, 5) is 4.28. The second kappa shape index (κ2) is 6.68. The minimum absolute atomic E-state index is 0. The summed E-state index contributed by atoms with van der Waals surface area (Å²) in [6.45, 7) is 0.827.